The van der Waals surface area contributed by atoms with E-state index in [1.165, 1.54) is 55.9 Å². The Balaban J connectivity index is 1.39. The zero-order valence-electron chi connectivity index (χ0n) is 20.5. The van der Waals surface area contributed by atoms with E-state index in [-0.39, 0.29) is 0 Å². The second-order valence-electron chi connectivity index (χ2n) is 10.2. The molecule has 3 nitrogen and oxygen atoms in total. The molecule has 0 saturated heterocycles. The molecule has 3 aliphatic heterocycles. The minimum Gasteiger partial charge on any atom is -0.456 e. The van der Waals surface area contributed by atoms with Gasteiger partial charge in [-0.1, -0.05) is 72.8 Å². The van der Waals surface area contributed by atoms with Crippen molar-refractivity contribution in [1.29, 1.82) is 0 Å². The van der Waals surface area contributed by atoms with Crippen molar-refractivity contribution in [3.63, 3.8) is 0 Å². The molecule has 9 rings (SSSR count). The Morgan fingerprint density at radius 3 is 1.39 bits per heavy atom. The molecule has 5 heterocycles. The van der Waals surface area contributed by atoms with E-state index in [4.69, 9.17) is 4.74 Å². The lowest BCUT2D eigenvalue weighted by Gasteiger charge is -2.25. The first-order valence-corrected chi connectivity index (χ1v) is 13.0. The van der Waals surface area contributed by atoms with E-state index in [0.29, 0.717) is 0 Å². The highest BCUT2D eigenvalue weighted by Gasteiger charge is 2.70. The first-order chi connectivity index (χ1) is 18.8. The van der Waals surface area contributed by atoms with E-state index < -0.39 is 5.66 Å². The van der Waals surface area contributed by atoms with Crippen molar-refractivity contribution in [2.75, 3.05) is 0 Å². The zero-order valence-corrected chi connectivity index (χ0v) is 20.5. The number of hydrogen-bond donors (Lipinski definition) is 0. The van der Waals surface area contributed by atoms with Crippen LogP contribution in [0.2, 0.25) is 0 Å². The van der Waals surface area contributed by atoms with Crippen LogP contribution in [0, 0.1) is 0 Å². The first kappa shape index (κ1) is 20.1. The summed E-state index contributed by atoms with van der Waals surface area (Å²) in [5, 5.41) is 0. The van der Waals surface area contributed by atoms with Crippen molar-refractivity contribution in [3.8, 4) is 56.3 Å². The van der Waals surface area contributed by atoms with Crippen LogP contribution >= 0.6 is 0 Å². The fraction of sp³-hybridized carbons (Fsp3) is 0.0286. The molecule has 2 aromatic heterocycles. The van der Waals surface area contributed by atoms with Crippen LogP contribution in [0.25, 0.3) is 44.8 Å². The molecule has 0 aliphatic carbocycles. The summed E-state index contributed by atoms with van der Waals surface area (Å²) in [7, 11) is 0. The first-order valence-electron chi connectivity index (χ1n) is 13.0. The SMILES string of the molecule is c1ccc(-c2cc[n+]3c(c2)-c2cccc4c2C32c3c(cccc3-c3cc(-c5ccccc5)cc[n+]32)O4)cc1. The van der Waals surface area contributed by atoms with Crippen LogP contribution in [0.3, 0.4) is 0 Å². The van der Waals surface area contributed by atoms with Crippen LogP contribution in [0.15, 0.2) is 134 Å². The van der Waals surface area contributed by atoms with Gasteiger partial charge in [0.2, 0.25) is 11.4 Å². The second kappa shape index (κ2) is 7.05. The highest BCUT2D eigenvalue weighted by Crippen LogP contribution is 2.57. The Morgan fingerprint density at radius 1 is 0.447 bits per heavy atom. The number of hydrogen-bond acceptors (Lipinski definition) is 1. The van der Waals surface area contributed by atoms with Gasteiger partial charge in [0, 0.05) is 24.3 Å². The molecule has 0 amide bonds. The number of fused-ring (bicyclic) bond motifs is 4. The maximum Gasteiger partial charge on any atom is 0.424 e. The molecule has 0 radical (unpaired) electrons. The maximum absolute atomic E-state index is 6.62. The highest BCUT2D eigenvalue weighted by atomic mass is 16.5. The lowest BCUT2D eigenvalue weighted by atomic mass is 9.86. The van der Waals surface area contributed by atoms with Crippen LogP contribution in [0.1, 0.15) is 11.1 Å². The lowest BCUT2D eigenvalue weighted by Crippen LogP contribution is -2.71. The molecule has 4 aromatic carbocycles. The van der Waals surface area contributed by atoms with Crippen LogP contribution in [0.5, 0.6) is 11.5 Å². The molecule has 176 valence electrons. The zero-order chi connectivity index (χ0) is 24.8. The number of nitrogens with zero attached hydrogens (tertiary/aromatic N) is 2. The molecule has 38 heavy (non-hydrogen) atoms. The summed E-state index contributed by atoms with van der Waals surface area (Å²) in [6.07, 6.45) is 4.53. The molecule has 0 saturated carbocycles. The number of aromatic nitrogens is 2. The highest BCUT2D eigenvalue weighted by molar-refractivity contribution is 5.82. The summed E-state index contributed by atoms with van der Waals surface area (Å²) < 4.78 is 11.5. The largest absolute Gasteiger partial charge is 0.456 e. The molecule has 0 unspecified atom stereocenters. The number of benzene rings is 4. The van der Waals surface area contributed by atoms with E-state index in [2.05, 4.69) is 143 Å². The normalized spacial score (nSPS) is 14.2. The number of pyridine rings is 2. The molecule has 0 atom stereocenters. The van der Waals surface area contributed by atoms with Gasteiger partial charge in [0.05, 0.1) is 11.1 Å². The van der Waals surface area contributed by atoms with Gasteiger partial charge in [-0.2, -0.15) is 0 Å². The van der Waals surface area contributed by atoms with Gasteiger partial charge in [0.1, 0.15) is 11.5 Å². The molecule has 1 spiro atoms. The average molecular weight is 487 g/mol. The minimum atomic E-state index is -0.537. The third-order valence-corrected chi connectivity index (χ3v) is 8.34. The van der Waals surface area contributed by atoms with Crippen LogP contribution < -0.4 is 13.9 Å². The molecule has 3 heteroatoms. The van der Waals surface area contributed by atoms with Crippen molar-refractivity contribution < 1.29 is 13.9 Å². The summed E-state index contributed by atoms with van der Waals surface area (Å²) >= 11 is 0. The molecule has 0 bridgehead atoms. The predicted octanol–water partition coefficient (Wildman–Crippen LogP) is 6.96. The topological polar surface area (TPSA) is 17.0 Å². The van der Waals surface area contributed by atoms with Crippen molar-refractivity contribution in [1.82, 2.24) is 0 Å². The van der Waals surface area contributed by atoms with E-state index in [9.17, 15) is 0 Å². The molecule has 0 fully saturated rings. The quantitative estimate of drug-likeness (QED) is 0.241. The molecular formula is C35H22N2O+2. The standard InChI is InChI=1S/C35H22N2O/c1-3-9-23(10-4-1)25-17-19-36-29(21-25)27-13-7-15-31-33(27)35(36)34-28(14-8-16-32(34)38-31)30-22-26(18-20-37(30)35)24-11-5-2-6-12-24/h1-22H/q+2. The fourth-order valence-electron chi connectivity index (χ4n) is 6.82. The van der Waals surface area contributed by atoms with Gasteiger partial charge in [-0.25, -0.2) is 0 Å². The lowest BCUT2D eigenvalue weighted by molar-refractivity contribution is -0.955. The summed E-state index contributed by atoms with van der Waals surface area (Å²) in [6.45, 7) is 0. The average Bonchev–Trinajstić information content (AvgIpc) is 3.46. The Bertz CT molecular complexity index is 1800. The van der Waals surface area contributed by atoms with Crippen LogP contribution in [0.4, 0.5) is 0 Å². The summed E-state index contributed by atoms with van der Waals surface area (Å²) in [5.74, 6) is 1.84. The van der Waals surface area contributed by atoms with Gasteiger partial charge >= 0.3 is 5.66 Å². The van der Waals surface area contributed by atoms with Gasteiger partial charge in [0.25, 0.3) is 0 Å². The van der Waals surface area contributed by atoms with Crippen molar-refractivity contribution in [3.05, 3.63) is 145 Å². The molecular weight excluding hydrogens is 464 g/mol. The van der Waals surface area contributed by atoms with Gasteiger partial charge in [-0.3, -0.25) is 0 Å². The number of ether oxygens (including phenoxy) is 1. The van der Waals surface area contributed by atoms with E-state index >= 15 is 0 Å². The van der Waals surface area contributed by atoms with Crippen molar-refractivity contribution in [2.45, 2.75) is 5.66 Å². The van der Waals surface area contributed by atoms with Crippen LogP contribution in [-0.2, 0) is 5.66 Å². The summed E-state index contributed by atoms with van der Waals surface area (Å²) in [5.41, 5.74) is 11.6. The van der Waals surface area contributed by atoms with E-state index in [1.807, 2.05) is 0 Å². The monoisotopic (exact) mass is 486 g/mol. The third-order valence-electron chi connectivity index (χ3n) is 8.34. The summed E-state index contributed by atoms with van der Waals surface area (Å²) in [4.78, 5) is 0. The predicted molar refractivity (Wildman–Crippen MR) is 147 cm³/mol. The molecule has 0 N–H and O–H groups in total. The van der Waals surface area contributed by atoms with Gasteiger partial charge < -0.3 is 4.74 Å². The Hall–Kier alpha value is -5.02. The van der Waals surface area contributed by atoms with Gasteiger partial charge in [-0.05, 0) is 46.5 Å². The summed E-state index contributed by atoms with van der Waals surface area (Å²) in [6, 6.07) is 43.3. The van der Waals surface area contributed by atoms with Crippen LogP contribution in [-0.4, -0.2) is 0 Å². The fourth-order valence-corrected chi connectivity index (χ4v) is 6.82. The third kappa shape index (κ3) is 2.34. The Labute approximate surface area is 220 Å². The second-order valence-corrected chi connectivity index (χ2v) is 10.2. The van der Waals surface area contributed by atoms with Gasteiger partial charge in [0.15, 0.2) is 23.5 Å². The maximum atomic E-state index is 6.62. The Morgan fingerprint density at radius 2 is 0.921 bits per heavy atom. The molecule has 6 aromatic rings. The van der Waals surface area contributed by atoms with E-state index in [0.717, 1.165) is 11.5 Å². The number of rotatable bonds is 2. The smallest absolute Gasteiger partial charge is 0.424 e. The van der Waals surface area contributed by atoms with Gasteiger partial charge in [-0.15, -0.1) is 9.13 Å². The van der Waals surface area contributed by atoms with Crippen molar-refractivity contribution >= 4 is 0 Å². The molecule has 3 aliphatic rings. The minimum absolute atomic E-state index is 0.537. The Kier molecular flexibility index (Phi) is 3.73. The van der Waals surface area contributed by atoms with E-state index in [1.54, 1.807) is 0 Å². The van der Waals surface area contributed by atoms with Crippen molar-refractivity contribution in [2.24, 2.45) is 0 Å².